The molecule has 0 saturated carbocycles. The molecule has 0 radical (unpaired) electrons. The van der Waals surface area contributed by atoms with Gasteiger partial charge in [-0.05, 0) is 32.6 Å². The first kappa shape index (κ1) is 23.8. The zero-order chi connectivity index (χ0) is 18.3. The zero-order valence-corrected chi connectivity index (χ0v) is 16.2. The second-order valence-electron chi connectivity index (χ2n) is 7.11. The van der Waals surface area contributed by atoms with Crippen molar-refractivity contribution in [1.82, 2.24) is 0 Å². The summed E-state index contributed by atoms with van der Waals surface area (Å²) in [6, 6.07) is 0. The van der Waals surface area contributed by atoms with E-state index in [9.17, 15) is 13.0 Å². The van der Waals surface area contributed by atoms with Crippen LogP contribution in [0.2, 0.25) is 0 Å². The van der Waals surface area contributed by atoms with Crippen molar-refractivity contribution in [3.63, 3.8) is 0 Å². The summed E-state index contributed by atoms with van der Waals surface area (Å²) in [5, 5.41) is 17.4. The maximum Gasteiger partial charge on any atom is 0.270 e. The molecule has 0 aromatic heterocycles. The number of hydrogen-bond acceptors (Lipinski definition) is 4. The van der Waals surface area contributed by atoms with E-state index in [1.165, 1.54) is 0 Å². The number of unbranched alkanes of at least 4 members (excludes halogenated alkanes) is 10. The molecule has 146 valence electrons. The summed E-state index contributed by atoms with van der Waals surface area (Å²) in [5.41, 5.74) is 0. The molecule has 0 aromatic carbocycles. The van der Waals surface area contributed by atoms with E-state index in [-0.39, 0.29) is 13.2 Å². The Bertz CT molecular complexity index is 363. The SMILES string of the molecule is CC(CCCCCCCCO)(CCCCCCCCO)S(=O)(=O)O. The number of aliphatic hydroxyl groups is 2. The first-order valence-electron chi connectivity index (χ1n) is 9.56. The van der Waals surface area contributed by atoms with Crippen LogP contribution in [0.25, 0.3) is 0 Å². The van der Waals surface area contributed by atoms with Gasteiger partial charge in [-0.2, -0.15) is 8.42 Å². The van der Waals surface area contributed by atoms with Crippen LogP contribution in [0, 0.1) is 0 Å². The summed E-state index contributed by atoms with van der Waals surface area (Å²) in [6.07, 6.45) is 12.5. The Kier molecular flexibility index (Phi) is 13.9. The fourth-order valence-electron chi connectivity index (χ4n) is 3.02. The van der Waals surface area contributed by atoms with E-state index in [0.29, 0.717) is 12.8 Å². The van der Waals surface area contributed by atoms with Crippen molar-refractivity contribution in [2.45, 2.75) is 102 Å². The Hall–Kier alpha value is -0.170. The number of aliphatic hydroxyl groups excluding tert-OH is 2. The van der Waals surface area contributed by atoms with E-state index < -0.39 is 14.9 Å². The normalized spacial score (nSPS) is 12.7. The van der Waals surface area contributed by atoms with Gasteiger partial charge in [0.1, 0.15) is 0 Å². The minimum absolute atomic E-state index is 0.237. The van der Waals surface area contributed by atoms with Gasteiger partial charge in [-0.25, -0.2) is 0 Å². The molecule has 3 N–H and O–H groups in total. The summed E-state index contributed by atoms with van der Waals surface area (Å²) in [6.45, 7) is 2.14. The summed E-state index contributed by atoms with van der Waals surface area (Å²) in [4.78, 5) is 0. The van der Waals surface area contributed by atoms with E-state index >= 15 is 0 Å². The molecule has 0 aliphatic heterocycles. The molecular weight excluding hydrogens is 328 g/mol. The molecule has 0 spiro atoms. The summed E-state index contributed by atoms with van der Waals surface area (Å²) < 4.78 is 32.1. The maximum absolute atomic E-state index is 11.8. The minimum atomic E-state index is -4.03. The van der Waals surface area contributed by atoms with Crippen LogP contribution in [-0.2, 0) is 10.1 Å². The van der Waals surface area contributed by atoms with E-state index in [4.69, 9.17) is 10.2 Å². The van der Waals surface area contributed by atoms with Crippen molar-refractivity contribution in [2.24, 2.45) is 0 Å². The van der Waals surface area contributed by atoms with Crippen LogP contribution in [-0.4, -0.2) is 41.1 Å². The lowest BCUT2D eigenvalue weighted by molar-refractivity contribution is 0.282. The molecule has 6 heteroatoms. The number of rotatable bonds is 17. The van der Waals surface area contributed by atoms with Crippen LogP contribution in [0.1, 0.15) is 96.8 Å². The molecule has 0 aliphatic rings. The quantitative estimate of drug-likeness (QED) is 0.266. The third-order valence-corrected chi connectivity index (χ3v) is 6.50. The molecule has 0 bridgehead atoms. The predicted molar refractivity (Wildman–Crippen MR) is 98.8 cm³/mol. The summed E-state index contributed by atoms with van der Waals surface area (Å²) in [5.74, 6) is 0. The van der Waals surface area contributed by atoms with Crippen LogP contribution in [0.5, 0.6) is 0 Å². The average molecular weight is 367 g/mol. The molecule has 5 nitrogen and oxygen atoms in total. The van der Waals surface area contributed by atoms with Gasteiger partial charge in [-0.1, -0.05) is 64.2 Å². The van der Waals surface area contributed by atoms with E-state index in [1.54, 1.807) is 6.92 Å². The van der Waals surface area contributed by atoms with Crippen molar-refractivity contribution in [2.75, 3.05) is 13.2 Å². The van der Waals surface area contributed by atoms with E-state index in [1.807, 2.05) is 0 Å². The Morgan fingerprint density at radius 2 is 0.917 bits per heavy atom. The minimum Gasteiger partial charge on any atom is -0.396 e. The average Bonchev–Trinajstić information content (AvgIpc) is 2.52. The Balaban J connectivity index is 4.01. The Morgan fingerprint density at radius 3 is 1.21 bits per heavy atom. The molecule has 0 unspecified atom stereocenters. The summed E-state index contributed by atoms with van der Waals surface area (Å²) >= 11 is 0. The van der Waals surface area contributed by atoms with E-state index in [2.05, 4.69) is 0 Å². The molecular formula is C18H38O5S. The molecule has 0 fully saturated rings. The van der Waals surface area contributed by atoms with Crippen molar-refractivity contribution in [1.29, 1.82) is 0 Å². The second-order valence-corrected chi connectivity index (χ2v) is 9.05. The molecule has 0 saturated heterocycles. The highest BCUT2D eigenvalue weighted by atomic mass is 32.2. The third kappa shape index (κ3) is 11.4. The standard InChI is InChI=1S/C18H38O5S/c1-18(24(21,22)23,14-10-6-2-4-8-12-16-19)15-11-7-3-5-9-13-17-20/h19-20H,2-17H2,1H3,(H,21,22,23). The predicted octanol–water partition coefficient (Wildman–Crippen LogP) is 4.08. The monoisotopic (exact) mass is 366 g/mol. The lowest BCUT2D eigenvalue weighted by Crippen LogP contribution is -2.35. The van der Waals surface area contributed by atoms with Crippen molar-refractivity contribution in [3.8, 4) is 0 Å². The van der Waals surface area contributed by atoms with Gasteiger partial charge in [-0.3, -0.25) is 4.55 Å². The smallest absolute Gasteiger partial charge is 0.270 e. The third-order valence-electron chi connectivity index (χ3n) is 4.85. The first-order chi connectivity index (χ1) is 11.4. The molecule has 24 heavy (non-hydrogen) atoms. The van der Waals surface area contributed by atoms with Gasteiger partial charge >= 0.3 is 0 Å². The van der Waals surface area contributed by atoms with Gasteiger partial charge in [0.25, 0.3) is 10.1 Å². The topological polar surface area (TPSA) is 94.8 Å². The fourth-order valence-corrected chi connectivity index (χ4v) is 3.82. The van der Waals surface area contributed by atoms with Crippen LogP contribution in [0.15, 0.2) is 0 Å². The molecule has 0 aromatic rings. The summed E-state index contributed by atoms with van der Waals surface area (Å²) in [7, 11) is -4.03. The molecule has 0 atom stereocenters. The van der Waals surface area contributed by atoms with Crippen molar-refractivity contribution < 1.29 is 23.2 Å². The zero-order valence-electron chi connectivity index (χ0n) is 15.4. The van der Waals surface area contributed by atoms with Gasteiger partial charge in [-0.15, -0.1) is 0 Å². The Morgan fingerprint density at radius 1 is 0.625 bits per heavy atom. The van der Waals surface area contributed by atoms with Crippen LogP contribution in [0.4, 0.5) is 0 Å². The highest BCUT2D eigenvalue weighted by molar-refractivity contribution is 7.87. The van der Waals surface area contributed by atoms with Gasteiger partial charge in [0.15, 0.2) is 0 Å². The van der Waals surface area contributed by atoms with E-state index in [0.717, 1.165) is 77.0 Å². The van der Waals surface area contributed by atoms with Crippen molar-refractivity contribution >= 4 is 10.1 Å². The molecule has 0 aliphatic carbocycles. The number of hydrogen-bond donors (Lipinski definition) is 3. The van der Waals surface area contributed by atoms with Gasteiger partial charge in [0, 0.05) is 13.2 Å². The van der Waals surface area contributed by atoms with Gasteiger partial charge in [0.05, 0.1) is 4.75 Å². The second kappa shape index (κ2) is 14.0. The fraction of sp³-hybridized carbons (Fsp3) is 1.00. The lowest BCUT2D eigenvalue weighted by atomic mass is 9.95. The van der Waals surface area contributed by atoms with Crippen LogP contribution in [0.3, 0.4) is 0 Å². The van der Waals surface area contributed by atoms with Gasteiger partial charge < -0.3 is 10.2 Å². The Labute approximate surface area is 148 Å². The van der Waals surface area contributed by atoms with Crippen LogP contribution >= 0.6 is 0 Å². The molecule has 0 heterocycles. The van der Waals surface area contributed by atoms with Crippen molar-refractivity contribution in [3.05, 3.63) is 0 Å². The maximum atomic E-state index is 11.8. The lowest BCUT2D eigenvalue weighted by Gasteiger charge is -2.26. The molecule has 0 amide bonds. The first-order valence-corrected chi connectivity index (χ1v) is 11.0. The van der Waals surface area contributed by atoms with Gasteiger partial charge in [0.2, 0.25) is 0 Å². The van der Waals surface area contributed by atoms with Crippen LogP contribution < -0.4 is 0 Å². The highest BCUT2D eigenvalue weighted by Crippen LogP contribution is 2.30. The highest BCUT2D eigenvalue weighted by Gasteiger charge is 2.36. The largest absolute Gasteiger partial charge is 0.396 e. The molecule has 0 rings (SSSR count).